The number of nitrogens with one attached hydrogen (secondary N) is 1. The maximum absolute atomic E-state index is 12.0. The van der Waals surface area contributed by atoms with Gasteiger partial charge in [-0.1, -0.05) is 17.7 Å². The molecule has 1 N–H and O–H groups in total. The molecule has 0 saturated carbocycles. The van der Waals surface area contributed by atoms with E-state index in [1.807, 2.05) is 6.92 Å². The van der Waals surface area contributed by atoms with E-state index in [9.17, 15) is 14.9 Å². The molecule has 0 aliphatic rings. The fraction of sp³-hybridized carbons (Fsp3) is 0.278. The number of carbonyl (C=O) groups excluding carboxylic acids is 1. The first kappa shape index (κ1) is 18.8. The number of thioether (sulfide) groups is 1. The van der Waals surface area contributed by atoms with Crippen molar-refractivity contribution in [2.45, 2.75) is 24.7 Å². The molecule has 2 aromatic carbocycles. The summed E-state index contributed by atoms with van der Waals surface area (Å²) < 4.78 is 4.97. The Balaban J connectivity index is 1.84. The average molecular weight is 360 g/mol. The van der Waals surface area contributed by atoms with Crippen molar-refractivity contribution in [1.29, 1.82) is 0 Å². The highest BCUT2D eigenvalue weighted by Gasteiger charge is 2.17. The van der Waals surface area contributed by atoms with Crippen molar-refractivity contribution < 1.29 is 14.5 Å². The number of rotatable bonds is 8. The second kappa shape index (κ2) is 9.08. The summed E-state index contributed by atoms with van der Waals surface area (Å²) in [7, 11) is 1.43. The topological polar surface area (TPSA) is 81.5 Å². The van der Waals surface area contributed by atoms with E-state index < -0.39 is 4.92 Å². The Kier molecular flexibility index (Phi) is 6.82. The minimum absolute atomic E-state index is 0.179. The molecule has 2 rings (SSSR count). The number of aryl methyl sites for hydroxylation is 1. The third-order valence-corrected chi connectivity index (χ3v) is 4.61. The average Bonchev–Trinajstić information content (AvgIpc) is 2.60. The Labute approximate surface area is 150 Å². The fourth-order valence-corrected chi connectivity index (χ4v) is 3.02. The number of benzene rings is 2. The second-order valence-corrected chi connectivity index (χ2v) is 6.62. The Morgan fingerprint density at radius 1 is 1.24 bits per heavy atom. The lowest BCUT2D eigenvalue weighted by molar-refractivity contribution is -0.384. The van der Waals surface area contributed by atoms with Crippen molar-refractivity contribution in [1.82, 2.24) is 0 Å². The summed E-state index contributed by atoms with van der Waals surface area (Å²) in [5.74, 6) is 0.943. The summed E-state index contributed by atoms with van der Waals surface area (Å²) in [6.45, 7) is 2.04. The third kappa shape index (κ3) is 5.79. The SMILES string of the molecule is COc1ccc(NC(=O)CCCSc2ccc(C)cc2)c([N+](=O)[O-])c1. The van der Waals surface area contributed by atoms with E-state index in [4.69, 9.17) is 4.74 Å². The van der Waals surface area contributed by atoms with E-state index in [1.54, 1.807) is 17.8 Å². The standard InChI is InChI=1S/C18H20N2O4S/c1-13-5-8-15(9-6-13)25-11-3-4-18(21)19-16-10-7-14(24-2)12-17(16)20(22)23/h5-10,12H,3-4,11H2,1-2H3,(H,19,21). The number of nitro groups is 1. The number of carbonyl (C=O) groups is 1. The van der Waals surface area contributed by atoms with Crippen LogP contribution in [0.1, 0.15) is 18.4 Å². The van der Waals surface area contributed by atoms with Gasteiger partial charge >= 0.3 is 0 Å². The van der Waals surface area contributed by atoms with Crippen LogP contribution in [0, 0.1) is 17.0 Å². The van der Waals surface area contributed by atoms with Crippen molar-refractivity contribution in [2.75, 3.05) is 18.2 Å². The van der Waals surface area contributed by atoms with Crippen LogP contribution in [0.25, 0.3) is 0 Å². The quantitative estimate of drug-likeness (QED) is 0.326. The van der Waals surface area contributed by atoms with Gasteiger partial charge in [0.25, 0.3) is 5.69 Å². The number of nitro benzene ring substituents is 1. The molecule has 1 amide bonds. The summed E-state index contributed by atoms with van der Waals surface area (Å²) >= 11 is 1.69. The number of ether oxygens (including phenoxy) is 1. The fourth-order valence-electron chi connectivity index (χ4n) is 2.17. The molecule has 7 heteroatoms. The summed E-state index contributed by atoms with van der Waals surface area (Å²) in [5, 5.41) is 13.7. The predicted molar refractivity (Wildman–Crippen MR) is 99.4 cm³/mol. The summed E-state index contributed by atoms with van der Waals surface area (Å²) in [6.07, 6.45) is 0.996. The molecule has 6 nitrogen and oxygen atoms in total. The molecule has 0 fully saturated rings. The van der Waals surface area contributed by atoms with Crippen LogP contribution < -0.4 is 10.1 Å². The molecule has 0 saturated heterocycles. The van der Waals surface area contributed by atoms with E-state index in [1.165, 1.54) is 24.8 Å². The Bertz CT molecular complexity index is 747. The number of hydrogen-bond donors (Lipinski definition) is 1. The summed E-state index contributed by atoms with van der Waals surface area (Å²) in [6, 6.07) is 12.6. The Morgan fingerprint density at radius 3 is 2.60 bits per heavy atom. The van der Waals surface area contributed by atoms with E-state index in [-0.39, 0.29) is 17.3 Å². The molecule has 0 aromatic heterocycles. The summed E-state index contributed by atoms with van der Waals surface area (Å²) in [4.78, 5) is 23.8. The molecular weight excluding hydrogens is 340 g/mol. The highest BCUT2D eigenvalue weighted by Crippen LogP contribution is 2.29. The minimum Gasteiger partial charge on any atom is -0.496 e. The van der Waals surface area contributed by atoms with Crippen LogP contribution in [-0.2, 0) is 4.79 Å². The number of hydrogen-bond acceptors (Lipinski definition) is 5. The van der Waals surface area contributed by atoms with Gasteiger partial charge in [-0.05, 0) is 43.4 Å². The van der Waals surface area contributed by atoms with Gasteiger partial charge in [0.1, 0.15) is 11.4 Å². The molecule has 0 atom stereocenters. The smallest absolute Gasteiger partial charge is 0.296 e. The van der Waals surface area contributed by atoms with Gasteiger partial charge < -0.3 is 10.1 Å². The van der Waals surface area contributed by atoms with Crippen molar-refractivity contribution in [3.8, 4) is 5.75 Å². The molecule has 0 bridgehead atoms. The molecule has 0 heterocycles. The number of methoxy groups -OCH3 is 1. The van der Waals surface area contributed by atoms with Crippen LogP contribution in [0.15, 0.2) is 47.4 Å². The van der Waals surface area contributed by atoms with E-state index >= 15 is 0 Å². The molecule has 2 aromatic rings. The van der Waals surface area contributed by atoms with Crippen LogP contribution in [-0.4, -0.2) is 23.7 Å². The number of nitrogens with zero attached hydrogens (tertiary/aromatic N) is 1. The molecule has 132 valence electrons. The van der Waals surface area contributed by atoms with Crippen LogP contribution >= 0.6 is 11.8 Å². The lowest BCUT2D eigenvalue weighted by Crippen LogP contribution is -2.12. The summed E-state index contributed by atoms with van der Waals surface area (Å²) in [5.41, 5.74) is 1.22. The van der Waals surface area contributed by atoms with Crippen molar-refractivity contribution in [3.63, 3.8) is 0 Å². The van der Waals surface area contributed by atoms with Crippen molar-refractivity contribution in [3.05, 3.63) is 58.1 Å². The number of amides is 1. The van der Waals surface area contributed by atoms with Gasteiger partial charge in [0.2, 0.25) is 5.91 Å². The van der Waals surface area contributed by atoms with Crippen LogP contribution in [0.5, 0.6) is 5.75 Å². The van der Waals surface area contributed by atoms with E-state index in [0.717, 1.165) is 10.6 Å². The first-order chi connectivity index (χ1) is 12.0. The highest BCUT2D eigenvalue weighted by atomic mass is 32.2. The Hall–Kier alpha value is -2.54. The first-order valence-electron chi connectivity index (χ1n) is 7.81. The van der Waals surface area contributed by atoms with Crippen LogP contribution in [0.2, 0.25) is 0 Å². The van der Waals surface area contributed by atoms with Gasteiger partial charge in [0, 0.05) is 11.3 Å². The minimum atomic E-state index is -0.536. The largest absolute Gasteiger partial charge is 0.496 e. The highest BCUT2D eigenvalue weighted by molar-refractivity contribution is 7.99. The molecular formula is C18H20N2O4S. The van der Waals surface area contributed by atoms with Crippen LogP contribution in [0.4, 0.5) is 11.4 Å². The van der Waals surface area contributed by atoms with Gasteiger partial charge in [-0.25, -0.2) is 0 Å². The molecule has 25 heavy (non-hydrogen) atoms. The van der Waals surface area contributed by atoms with E-state index in [2.05, 4.69) is 29.6 Å². The number of anilines is 1. The third-order valence-electron chi connectivity index (χ3n) is 3.51. The molecule has 0 spiro atoms. The molecule has 0 aliphatic carbocycles. The van der Waals surface area contributed by atoms with Gasteiger partial charge in [0.05, 0.1) is 18.1 Å². The van der Waals surface area contributed by atoms with Gasteiger partial charge in [-0.15, -0.1) is 11.8 Å². The zero-order valence-corrected chi connectivity index (χ0v) is 15.0. The van der Waals surface area contributed by atoms with E-state index in [0.29, 0.717) is 18.6 Å². The monoisotopic (exact) mass is 360 g/mol. The lowest BCUT2D eigenvalue weighted by Gasteiger charge is -2.07. The zero-order valence-electron chi connectivity index (χ0n) is 14.2. The lowest BCUT2D eigenvalue weighted by atomic mass is 10.2. The zero-order chi connectivity index (χ0) is 18.2. The maximum atomic E-state index is 12.0. The Morgan fingerprint density at radius 2 is 1.96 bits per heavy atom. The molecule has 0 unspecified atom stereocenters. The van der Waals surface area contributed by atoms with Crippen molar-refractivity contribution >= 4 is 29.0 Å². The normalized spacial score (nSPS) is 10.3. The predicted octanol–water partition coefficient (Wildman–Crippen LogP) is 4.42. The van der Waals surface area contributed by atoms with Gasteiger partial charge in [-0.2, -0.15) is 0 Å². The first-order valence-corrected chi connectivity index (χ1v) is 8.80. The molecule has 0 aliphatic heterocycles. The molecule has 0 radical (unpaired) electrons. The van der Waals surface area contributed by atoms with Crippen LogP contribution in [0.3, 0.4) is 0 Å². The maximum Gasteiger partial charge on any atom is 0.296 e. The van der Waals surface area contributed by atoms with Gasteiger partial charge in [-0.3, -0.25) is 14.9 Å². The van der Waals surface area contributed by atoms with Gasteiger partial charge in [0.15, 0.2) is 0 Å². The van der Waals surface area contributed by atoms with Crippen molar-refractivity contribution in [2.24, 2.45) is 0 Å². The second-order valence-electron chi connectivity index (χ2n) is 5.45.